The average molecular weight is 306 g/mol. The van der Waals surface area contributed by atoms with Gasteiger partial charge in [0.25, 0.3) is 0 Å². The zero-order valence-electron chi connectivity index (χ0n) is 12.1. The van der Waals surface area contributed by atoms with E-state index < -0.39 is 0 Å². The molecule has 21 heavy (non-hydrogen) atoms. The Labute approximate surface area is 126 Å². The fourth-order valence-corrected chi connectivity index (χ4v) is 3.69. The third-order valence-electron chi connectivity index (χ3n) is 3.78. The van der Waals surface area contributed by atoms with Crippen LogP contribution < -0.4 is 10.6 Å². The molecule has 1 fully saturated rings. The molecule has 1 aliphatic rings. The number of piperidine rings is 1. The van der Waals surface area contributed by atoms with Crippen molar-refractivity contribution < 1.29 is 9.53 Å². The van der Waals surface area contributed by atoms with Crippen LogP contribution in [0.1, 0.15) is 28.1 Å². The first-order valence-electron chi connectivity index (χ1n) is 7.00. The number of hydrogen-bond acceptors (Lipinski definition) is 7. The van der Waals surface area contributed by atoms with Gasteiger partial charge in [-0.1, -0.05) is 0 Å². The summed E-state index contributed by atoms with van der Waals surface area (Å²) in [4.78, 5) is 21.9. The number of thiophene rings is 1. The molecule has 0 aromatic carbocycles. The Morgan fingerprint density at radius 3 is 2.90 bits per heavy atom. The van der Waals surface area contributed by atoms with Gasteiger partial charge in [0, 0.05) is 6.04 Å². The lowest BCUT2D eigenvalue weighted by Gasteiger charge is -2.24. The number of ether oxygens (including phenoxy) is 1. The molecule has 1 aliphatic heterocycles. The second kappa shape index (κ2) is 5.95. The van der Waals surface area contributed by atoms with Crippen molar-refractivity contribution >= 4 is 33.3 Å². The van der Waals surface area contributed by atoms with Crippen molar-refractivity contribution in [3.8, 4) is 0 Å². The first-order chi connectivity index (χ1) is 10.2. The van der Waals surface area contributed by atoms with Gasteiger partial charge in [-0.05, 0) is 38.4 Å². The maximum atomic E-state index is 11.8. The highest BCUT2D eigenvalue weighted by Crippen LogP contribution is 2.34. The van der Waals surface area contributed by atoms with Gasteiger partial charge < -0.3 is 15.4 Å². The van der Waals surface area contributed by atoms with Gasteiger partial charge in [0.2, 0.25) is 0 Å². The van der Waals surface area contributed by atoms with E-state index in [1.165, 1.54) is 18.4 Å². The second-order valence-electron chi connectivity index (χ2n) is 5.12. The molecule has 0 saturated carbocycles. The van der Waals surface area contributed by atoms with E-state index >= 15 is 0 Å². The number of nitrogens with one attached hydrogen (secondary N) is 2. The molecule has 1 saturated heterocycles. The van der Waals surface area contributed by atoms with Crippen LogP contribution in [-0.2, 0) is 4.74 Å². The molecule has 3 heterocycles. The molecule has 0 radical (unpaired) electrons. The van der Waals surface area contributed by atoms with Crippen LogP contribution in [0.3, 0.4) is 0 Å². The maximum absolute atomic E-state index is 11.8. The Bertz CT molecular complexity index is 664. The Morgan fingerprint density at radius 1 is 1.43 bits per heavy atom. The highest BCUT2D eigenvalue weighted by Gasteiger charge is 2.21. The molecule has 2 aromatic rings. The summed E-state index contributed by atoms with van der Waals surface area (Å²) in [6.45, 7) is 3.95. The molecule has 0 spiro atoms. The fraction of sp³-hybridized carbons (Fsp3) is 0.500. The van der Waals surface area contributed by atoms with Crippen LogP contribution in [0, 0.1) is 6.92 Å². The largest absolute Gasteiger partial charge is 0.465 e. The van der Waals surface area contributed by atoms with Gasteiger partial charge in [0.1, 0.15) is 21.9 Å². The van der Waals surface area contributed by atoms with E-state index in [0.29, 0.717) is 10.9 Å². The summed E-state index contributed by atoms with van der Waals surface area (Å²) in [6.07, 6.45) is 3.68. The van der Waals surface area contributed by atoms with Gasteiger partial charge in [0.05, 0.1) is 12.5 Å². The third kappa shape index (κ3) is 2.71. The number of carbonyl (C=O) groups excluding carboxylic acids is 1. The smallest absolute Gasteiger partial charge is 0.348 e. The van der Waals surface area contributed by atoms with Crippen molar-refractivity contribution in [2.45, 2.75) is 25.8 Å². The minimum atomic E-state index is -0.316. The van der Waals surface area contributed by atoms with E-state index in [1.807, 2.05) is 6.92 Å². The summed E-state index contributed by atoms with van der Waals surface area (Å²) in [5, 5.41) is 7.77. The minimum Gasteiger partial charge on any atom is -0.465 e. The molecular formula is C14H18N4O2S. The van der Waals surface area contributed by atoms with Gasteiger partial charge in [-0.25, -0.2) is 14.8 Å². The first kappa shape index (κ1) is 14.2. The summed E-state index contributed by atoms with van der Waals surface area (Å²) < 4.78 is 4.83. The highest BCUT2D eigenvalue weighted by molar-refractivity contribution is 7.20. The zero-order valence-corrected chi connectivity index (χ0v) is 12.9. The van der Waals surface area contributed by atoms with E-state index in [-0.39, 0.29) is 5.97 Å². The van der Waals surface area contributed by atoms with Crippen LogP contribution in [-0.4, -0.2) is 42.2 Å². The van der Waals surface area contributed by atoms with E-state index in [1.54, 1.807) is 6.33 Å². The second-order valence-corrected chi connectivity index (χ2v) is 6.12. The molecule has 2 N–H and O–H groups in total. The molecule has 6 nitrogen and oxygen atoms in total. The van der Waals surface area contributed by atoms with Gasteiger partial charge in [-0.2, -0.15) is 0 Å². The molecule has 3 rings (SSSR count). The van der Waals surface area contributed by atoms with E-state index in [2.05, 4.69) is 20.6 Å². The lowest BCUT2D eigenvalue weighted by atomic mass is 10.1. The quantitative estimate of drug-likeness (QED) is 0.844. The number of carbonyl (C=O) groups is 1. The molecule has 112 valence electrons. The minimum absolute atomic E-state index is 0.316. The molecule has 0 amide bonds. The Kier molecular flexibility index (Phi) is 4.03. The van der Waals surface area contributed by atoms with Crippen LogP contribution in [0.5, 0.6) is 0 Å². The van der Waals surface area contributed by atoms with Crippen molar-refractivity contribution in [1.29, 1.82) is 0 Å². The van der Waals surface area contributed by atoms with Crippen LogP contribution in [0.2, 0.25) is 0 Å². The normalized spacial score (nSPS) is 16.1. The predicted octanol–water partition coefficient (Wildman–Crippen LogP) is 1.95. The number of aryl methyl sites for hydroxylation is 1. The molecule has 7 heteroatoms. The fourth-order valence-electron chi connectivity index (χ4n) is 2.63. The van der Waals surface area contributed by atoms with E-state index in [0.717, 1.165) is 47.5 Å². The molecule has 0 aliphatic carbocycles. The SMILES string of the molecule is COC(=O)c1sc2ncnc(NC3CCNCC3)c2c1C. The summed E-state index contributed by atoms with van der Waals surface area (Å²) in [5.74, 6) is 0.499. The van der Waals surface area contributed by atoms with Crippen LogP contribution in [0.4, 0.5) is 5.82 Å². The number of methoxy groups -OCH3 is 1. The Balaban J connectivity index is 1.98. The summed E-state index contributed by atoms with van der Waals surface area (Å²) in [6, 6.07) is 0.408. The van der Waals surface area contributed by atoms with Gasteiger partial charge in [-0.15, -0.1) is 11.3 Å². The van der Waals surface area contributed by atoms with Crippen molar-refractivity contribution in [1.82, 2.24) is 15.3 Å². The Hall–Kier alpha value is -1.73. The first-order valence-corrected chi connectivity index (χ1v) is 7.82. The van der Waals surface area contributed by atoms with Crippen LogP contribution in [0.15, 0.2) is 6.33 Å². The summed E-state index contributed by atoms with van der Waals surface area (Å²) in [7, 11) is 1.39. The Morgan fingerprint density at radius 2 is 2.19 bits per heavy atom. The molecule has 0 atom stereocenters. The predicted molar refractivity (Wildman–Crippen MR) is 83.0 cm³/mol. The number of esters is 1. The number of hydrogen-bond donors (Lipinski definition) is 2. The number of fused-ring (bicyclic) bond motifs is 1. The topological polar surface area (TPSA) is 76.1 Å². The molecular weight excluding hydrogens is 288 g/mol. The average Bonchev–Trinajstić information content (AvgIpc) is 2.86. The lowest BCUT2D eigenvalue weighted by Crippen LogP contribution is -2.35. The van der Waals surface area contributed by atoms with Crippen molar-refractivity contribution in [2.75, 3.05) is 25.5 Å². The van der Waals surface area contributed by atoms with Crippen LogP contribution in [0.25, 0.3) is 10.2 Å². The lowest BCUT2D eigenvalue weighted by molar-refractivity contribution is 0.0605. The van der Waals surface area contributed by atoms with Crippen molar-refractivity contribution in [3.63, 3.8) is 0 Å². The number of rotatable bonds is 3. The summed E-state index contributed by atoms with van der Waals surface area (Å²) in [5.41, 5.74) is 0.888. The highest BCUT2D eigenvalue weighted by atomic mass is 32.1. The van der Waals surface area contributed by atoms with E-state index in [9.17, 15) is 4.79 Å². The third-order valence-corrected chi connectivity index (χ3v) is 4.96. The summed E-state index contributed by atoms with van der Waals surface area (Å²) >= 11 is 1.35. The molecule has 0 unspecified atom stereocenters. The van der Waals surface area contributed by atoms with E-state index in [4.69, 9.17) is 4.74 Å². The zero-order chi connectivity index (χ0) is 14.8. The van der Waals surface area contributed by atoms with Crippen molar-refractivity contribution in [3.05, 3.63) is 16.8 Å². The number of aromatic nitrogens is 2. The maximum Gasteiger partial charge on any atom is 0.348 e. The number of anilines is 1. The monoisotopic (exact) mass is 306 g/mol. The molecule has 2 aromatic heterocycles. The van der Waals surface area contributed by atoms with Gasteiger partial charge in [0.15, 0.2) is 0 Å². The standard InChI is InChI=1S/C14H18N4O2S/c1-8-10-12(18-9-3-5-15-6-4-9)16-7-17-13(10)21-11(8)14(19)20-2/h7,9,15H,3-6H2,1-2H3,(H,16,17,18). The van der Waals surface area contributed by atoms with Crippen LogP contribution >= 0.6 is 11.3 Å². The molecule has 0 bridgehead atoms. The van der Waals surface area contributed by atoms with Gasteiger partial charge in [-0.3, -0.25) is 0 Å². The van der Waals surface area contributed by atoms with Crippen molar-refractivity contribution in [2.24, 2.45) is 0 Å². The van der Waals surface area contributed by atoms with Gasteiger partial charge >= 0.3 is 5.97 Å². The number of nitrogens with zero attached hydrogens (tertiary/aromatic N) is 2.